The van der Waals surface area contributed by atoms with Gasteiger partial charge in [0.15, 0.2) is 0 Å². The summed E-state index contributed by atoms with van der Waals surface area (Å²) in [5, 5.41) is 17.6. The van der Waals surface area contributed by atoms with Gasteiger partial charge in [0, 0.05) is 16.8 Å². The summed E-state index contributed by atoms with van der Waals surface area (Å²) < 4.78 is 10.6. The molecule has 1 aromatic heterocycles. The number of H-pyrrole nitrogens is 1. The van der Waals surface area contributed by atoms with Crippen molar-refractivity contribution in [3.05, 3.63) is 95.2 Å². The zero-order chi connectivity index (χ0) is 25.2. The Hall–Kier alpha value is -4.59. The summed E-state index contributed by atoms with van der Waals surface area (Å²) in [5.74, 6) is 0.162. The van der Waals surface area contributed by atoms with E-state index in [1.807, 2.05) is 37.3 Å². The number of esters is 1. The largest absolute Gasteiger partial charge is 0.508 e. The number of carbonyl (C=O) groups excluding carboxylic acids is 2. The average Bonchev–Trinajstić information content (AvgIpc) is 3.44. The van der Waals surface area contributed by atoms with Gasteiger partial charge < -0.3 is 14.6 Å². The number of hydrogen-bond acceptors (Lipinski definition) is 6. The van der Waals surface area contributed by atoms with E-state index in [2.05, 4.69) is 10.2 Å². The van der Waals surface area contributed by atoms with Gasteiger partial charge in [-0.3, -0.25) is 14.8 Å². The van der Waals surface area contributed by atoms with Crippen LogP contribution in [0.25, 0.3) is 11.3 Å². The number of rotatable bonds is 7. The lowest BCUT2D eigenvalue weighted by Crippen LogP contribution is -2.29. The molecule has 0 saturated carbocycles. The number of aromatic amines is 1. The Bertz CT molecular complexity index is 1410. The Morgan fingerprint density at radius 1 is 1.03 bits per heavy atom. The number of hydrogen-bond donors (Lipinski definition) is 2. The summed E-state index contributed by atoms with van der Waals surface area (Å²) in [7, 11) is 0. The van der Waals surface area contributed by atoms with Gasteiger partial charge in [0.25, 0.3) is 5.91 Å². The number of anilines is 1. The molecule has 0 saturated heterocycles. The zero-order valence-corrected chi connectivity index (χ0v) is 19.9. The van der Waals surface area contributed by atoms with Gasteiger partial charge in [-0.15, -0.1) is 0 Å². The van der Waals surface area contributed by atoms with Crippen molar-refractivity contribution in [3.63, 3.8) is 0 Å². The van der Waals surface area contributed by atoms with E-state index in [-0.39, 0.29) is 18.3 Å². The summed E-state index contributed by atoms with van der Waals surface area (Å²) in [6.07, 6.45) is 0. The van der Waals surface area contributed by atoms with Crippen LogP contribution in [0.15, 0.2) is 72.8 Å². The second-order valence-electron chi connectivity index (χ2n) is 8.26. The standard InChI is InChI=1S/C28H25N3O5/c1-3-35-22-14-10-17(11-15-22)24-23-25(30-29-24)27(33)31(26(23)19-6-5-7-21(32)16-19)20-12-8-18(9-13-20)28(34)36-4-2/h5-16,26,32H,3-4H2,1-2H3,(H,29,30). The fourth-order valence-corrected chi connectivity index (χ4v) is 4.49. The first-order chi connectivity index (χ1) is 17.5. The number of fused-ring (bicyclic) bond motifs is 1. The summed E-state index contributed by atoms with van der Waals surface area (Å²) in [6.45, 7) is 4.52. The van der Waals surface area contributed by atoms with E-state index in [4.69, 9.17) is 9.47 Å². The van der Waals surface area contributed by atoms with Gasteiger partial charge in [0.1, 0.15) is 17.2 Å². The summed E-state index contributed by atoms with van der Waals surface area (Å²) in [6, 6.07) is 20.5. The van der Waals surface area contributed by atoms with Crippen molar-refractivity contribution < 1.29 is 24.2 Å². The summed E-state index contributed by atoms with van der Waals surface area (Å²) in [4.78, 5) is 27.4. The van der Waals surface area contributed by atoms with Crippen LogP contribution >= 0.6 is 0 Å². The van der Waals surface area contributed by atoms with Crippen molar-refractivity contribution in [1.82, 2.24) is 10.2 Å². The molecule has 1 amide bonds. The Kier molecular flexibility index (Phi) is 6.16. The molecular formula is C28H25N3O5. The lowest BCUT2D eigenvalue weighted by molar-refractivity contribution is 0.0526. The molecule has 1 aliphatic rings. The van der Waals surface area contributed by atoms with Crippen LogP contribution < -0.4 is 9.64 Å². The first kappa shape index (κ1) is 23.2. The smallest absolute Gasteiger partial charge is 0.338 e. The van der Waals surface area contributed by atoms with E-state index in [0.29, 0.717) is 34.8 Å². The van der Waals surface area contributed by atoms with E-state index in [9.17, 15) is 14.7 Å². The molecule has 2 N–H and O–H groups in total. The van der Waals surface area contributed by atoms with Crippen molar-refractivity contribution >= 4 is 17.6 Å². The molecular weight excluding hydrogens is 458 g/mol. The third kappa shape index (κ3) is 4.07. The molecule has 1 aliphatic heterocycles. The highest BCUT2D eigenvalue weighted by atomic mass is 16.5. The number of nitrogens with zero attached hydrogens (tertiary/aromatic N) is 2. The minimum absolute atomic E-state index is 0.0946. The number of phenols is 1. The second-order valence-corrected chi connectivity index (χ2v) is 8.26. The number of nitrogens with one attached hydrogen (secondary N) is 1. The van der Waals surface area contributed by atoms with Crippen molar-refractivity contribution in [2.75, 3.05) is 18.1 Å². The molecule has 36 heavy (non-hydrogen) atoms. The van der Waals surface area contributed by atoms with Gasteiger partial charge in [0.2, 0.25) is 0 Å². The van der Waals surface area contributed by atoms with Gasteiger partial charge in [-0.05, 0) is 80.1 Å². The number of phenolic OH excluding ortho intramolecular Hbond substituents is 1. The minimum atomic E-state index is -0.548. The molecule has 0 radical (unpaired) electrons. The van der Waals surface area contributed by atoms with E-state index in [1.54, 1.807) is 54.3 Å². The predicted octanol–water partition coefficient (Wildman–Crippen LogP) is 5.11. The number of carbonyl (C=O) groups is 2. The third-order valence-corrected chi connectivity index (χ3v) is 6.05. The number of ether oxygens (including phenoxy) is 2. The van der Waals surface area contributed by atoms with Gasteiger partial charge in [-0.1, -0.05) is 12.1 Å². The molecule has 1 atom stereocenters. The topological polar surface area (TPSA) is 105 Å². The van der Waals surface area contributed by atoms with Gasteiger partial charge in [-0.25, -0.2) is 4.79 Å². The van der Waals surface area contributed by atoms with Crippen molar-refractivity contribution in [3.8, 4) is 22.8 Å². The Morgan fingerprint density at radius 2 is 1.78 bits per heavy atom. The normalized spacial score (nSPS) is 14.6. The lowest BCUT2D eigenvalue weighted by Gasteiger charge is -2.26. The molecule has 8 heteroatoms. The molecule has 0 bridgehead atoms. The Morgan fingerprint density at radius 3 is 2.44 bits per heavy atom. The molecule has 3 aromatic carbocycles. The van der Waals surface area contributed by atoms with Crippen LogP contribution in [-0.4, -0.2) is 40.4 Å². The fourth-order valence-electron chi connectivity index (χ4n) is 4.49. The van der Waals surface area contributed by atoms with Crippen LogP contribution in [0, 0.1) is 0 Å². The van der Waals surface area contributed by atoms with Gasteiger partial charge in [-0.2, -0.15) is 5.10 Å². The van der Waals surface area contributed by atoms with Crippen LogP contribution in [0.2, 0.25) is 0 Å². The first-order valence-electron chi connectivity index (χ1n) is 11.7. The van der Waals surface area contributed by atoms with E-state index >= 15 is 0 Å². The molecule has 5 rings (SSSR count). The molecule has 4 aromatic rings. The molecule has 182 valence electrons. The van der Waals surface area contributed by atoms with Crippen LogP contribution in [0.1, 0.15) is 51.9 Å². The maximum atomic E-state index is 13.7. The highest BCUT2D eigenvalue weighted by Crippen LogP contribution is 2.45. The molecule has 2 heterocycles. The molecule has 1 unspecified atom stereocenters. The van der Waals surface area contributed by atoms with E-state index in [1.165, 1.54) is 0 Å². The maximum absolute atomic E-state index is 13.7. The molecule has 0 fully saturated rings. The predicted molar refractivity (Wildman–Crippen MR) is 134 cm³/mol. The number of amides is 1. The van der Waals surface area contributed by atoms with Crippen molar-refractivity contribution in [2.24, 2.45) is 0 Å². The van der Waals surface area contributed by atoms with Crippen LogP contribution in [0.3, 0.4) is 0 Å². The highest BCUT2D eigenvalue weighted by molar-refractivity contribution is 6.12. The summed E-state index contributed by atoms with van der Waals surface area (Å²) in [5.41, 5.74) is 4.28. The van der Waals surface area contributed by atoms with Crippen LogP contribution in [0.4, 0.5) is 5.69 Å². The van der Waals surface area contributed by atoms with Crippen molar-refractivity contribution in [2.45, 2.75) is 19.9 Å². The molecule has 8 nitrogen and oxygen atoms in total. The fraction of sp³-hybridized carbons (Fsp3) is 0.179. The monoisotopic (exact) mass is 483 g/mol. The first-order valence-corrected chi connectivity index (χ1v) is 11.7. The molecule has 0 spiro atoms. The van der Waals surface area contributed by atoms with E-state index in [0.717, 1.165) is 16.9 Å². The minimum Gasteiger partial charge on any atom is -0.508 e. The van der Waals surface area contributed by atoms with E-state index < -0.39 is 12.0 Å². The van der Waals surface area contributed by atoms with Crippen LogP contribution in [0.5, 0.6) is 11.5 Å². The zero-order valence-electron chi connectivity index (χ0n) is 19.9. The Balaban J connectivity index is 1.60. The summed E-state index contributed by atoms with van der Waals surface area (Å²) >= 11 is 0. The molecule has 0 aliphatic carbocycles. The Labute approximate surface area is 208 Å². The number of benzene rings is 3. The number of aromatic hydroxyl groups is 1. The highest BCUT2D eigenvalue weighted by Gasteiger charge is 2.43. The maximum Gasteiger partial charge on any atom is 0.338 e. The van der Waals surface area contributed by atoms with Crippen molar-refractivity contribution in [1.29, 1.82) is 0 Å². The SMILES string of the molecule is CCOC(=O)c1ccc(N2C(=O)c3[nH]nc(-c4ccc(OCC)cc4)c3C2c2cccc(O)c2)cc1. The third-order valence-electron chi connectivity index (χ3n) is 6.05. The quantitative estimate of drug-likeness (QED) is 0.354. The lowest BCUT2D eigenvalue weighted by atomic mass is 9.95. The van der Waals surface area contributed by atoms with Gasteiger partial charge >= 0.3 is 5.97 Å². The second kappa shape index (κ2) is 9.58. The van der Waals surface area contributed by atoms with Gasteiger partial charge in [0.05, 0.1) is 30.5 Å². The van der Waals surface area contributed by atoms with Crippen LogP contribution in [-0.2, 0) is 4.74 Å². The number of aromatic nitrogens is 2. The average molecular weight is 484 g/mol.